The second-order valence-corrected chi connectivity index (χ2v) is 8.20. The van der Waals surface area contributed by atoms with E-state index in [1.54, 1.807) is 49.4 Å². The van der Waals surface area contributed by atoms with Crippen molar-refractivity contribution in [1.82, 2.24) is 4.90 Å². The second kappa shape index (κ2) is 11.6. The molecule has 0 spiro atoms. The number of ether oxygens (including phenoxy) is 3. The fraction of sp³-hybridized carbons (Fsp3) is 0.217. The number of rotatable bonds is 9. The highest BCUT2D eigenvalue weighted by Gasteiger charge is 2.36. The number of nitrogens with zero attached hydrogens (tertiary/aromatic N) is 1. The lowest BCUT2D eigenvalue weighted by molar-refractivity contribution is -0.143. The summed E-state index contributed by atoms with van der Waals surface area (Å²) in [6, 6.07) is 11.7. The van der Waals surface area contributed by atoms with Crippen molar-refractivity contribution in [2.75, 3.05) is 32.2 Å². The molecular formula is C23H21ClN2O7S. The standard InChI is InChI=1S/C23H21ClN2O7S/c1-3-32-18-10-14(11-19-22(29)26(23(30)34-19)12-21(28)31-2)8-9-17(18)33-13-20(27)25-16-7-5-4-6-15(16)24/h4-11H,3,12-13H2,1-2H3,(H,25,27)/b19-11-. The number of benzene rings is 2. The van der Waals surface area contributed by atoms with Gasteiger partial charge in [-0.25, -0.2) is 0 Å². The average Bonchev–Trinajstić information content (AvgIpc) is 3.07. The van der Waals surface area contributed by atoms with Gasteiger partial charge in [0.25, 0.3) is 17.1 Å². The van der Waals surface area contributed by atoms with Gasteiger partial charge in [0.15, 0.2) is 18.1 Å². The first kappa shape index (κ1) is 25.1. The van der Waals surface area contributed by atoms with Crippen molar-refractivity contribution in [3.05, 3.63) is 58.0 Å². The van der Waals surface area contributed by atoms with Gasteiger partial charge in [-0.2, -0.15) is 0 Å². The van der Waals surface area contributed by atoms with Crippen molar-refractivity contribution in [2.24, 2.45) is 0 Å². The van der Waals surface area contributed by atoms with Crippen molar-refractivity contribution in [1.29, 1.82) is 0 Å². The quantitative estimate of drug-likeness (QED) is 0.403. The van der Waals surface area contributed by atoms with E-state index in [9.17, 15) is 19.2 Å². The van der Waals surface area contributed by atoms with Gasteiger partial charge in [-0.3, -0.25) is 24.1 Å². The average molecular weight is 505 g/mol. The van der Waals surface area contributed by atoms with E-state index >= 15 is 0 Å². The fourth-order valence-corrected chi connectivity index (χ4v) is 3.90. The number of para-hydroxylation sites is 1. The molecule has 0 bridgehead atoms. The number of carbonyl (C=O) groups is 4. The molecule has 3 amide bonds. The molecule has 1 N–H and O–H groups in total. The van der Waals surface area contributed by atoms with E-state index in [1.165, 1.54) is 13.2 Å². The van der Waals surface area contributed by atoms with Crippen LogP contribution in [-0.4, -0.2) is 54.8 Å². The molecule has 0 atom stereocenters. The Kier molecular flexibility index (Phi) is 8.55. The summed E-state index contributed by atoms with van der Waals surface area (Å²) in [4.78, 5) is 49.3. The van der Waals surface area contributed by atoms with E-state index in [0.717, 1.165) is 16.7 Å². The number of thioether (sulfide) groups is 1. The lowest BCUT2D eigenvalue weighted by Gasteiger charge is -2.13. The van der Waals surface area contributed by atoms with Gasteiger partial charge < -0.3 is 19.5 Å². The molecular weight excluding hydrogens is 484 g/mol. The fourth-order valence-electron chi connectivity index (χ4n) is 2.88. The number of esters is 1. The SMILES string of the molecule is CCOc1cc(/C=C2\SC(=O)N(CC(=O)OC)C2=O)ccc1OCC(=O)Nc1ccccc1Cl. The Balaban J connectivity index is 1.71. The Bertz CT molecular complexity index is 1150. The van der Waals surface area contributed by atoms with Crippen LogP contribution in [0.5, 0.6) is 11.5 Å². The van der Waals surface area contributed by atoms with Crippen molar-refractivity contribution in [3.8, 4) is 11.5 Å². The molecule has 2 aromatic carbocycles. The number of halogens is 1. The molecule has 2 aromatic rings. The Hall–Kier alpha value is -3.50. The minimum Gasteiger partial charge on any atom is -0.490 e. The highest BCUT2D eigenvalue weighted by molar-refractivity contribution is 8.18. The molecule has 11 heteroatoms. The number of carbonyl (C=O) groups excluding carboxylic acids is 4. The largest absolute Gasteiger partial charge is 0.490 e. The van der Waals surface area contributed by atoms with Gasteiger partial charge in [0.2, 0.25) is 0 Å². The van der Waals surface area contributed by atoms with Crippen LogP contribution >= 0.6 is 23.4 Å². The Morgan fingerprint density at radius 2 is 1.88 bits per heavy atom. The normalized spacial score (nSPS) is 14.3. The molecule has 1 aliphatic rings. The van der Waals surface area contributed by atoms with Crippen molar-refractivity contribution >= 4 is 58.1 Å². The van der Waals surface area contributed by atoms with E-state index in [1.807, 2.05) is 0 Å². The molecule has 9 nitrogen and oxygen atoms in total. The number of amides is 3. The number of anilines is 1. The molecule has 34 heavy (non-hydrogen) atoms. The van der Waals surface area contributed by atoms with Crippen molar-refractivity contribution in [2.45, 2.75) is 6.92 Å². The van der Waals surface area contributed by atoms with Gasteiger partial charge in [-0.1, -0.05) is 29.8 Å². The topological polar surface area (TPSA) is 111 Å². The van der Waals surface area contributed by atoms with Crippen LogP contribution in [0.25, 0.3) is 6.08 Å². The van der Waals surface area contributed by atoms with Crippen molar-refractivity contribution < 1.29 is 33.4 Å². The molecule has 0 aliphatic carbocycles. The van der Waals surface area contributed by atoms with Crippen molar-refractivity contribution in [3.63, 3.8) is 0 Å². The first-order valence-corrected chi connectivity index (χ1v) is 11.3. The third kappa shape index (κ3) is 6.30. The lowest BCUT2D eigenvalue weighted by atomic mass is 10.2. The van der Waals surface area contributed by atoms with E-state index < -0.39 is 29.6 Å². The minimum atomic E-state index is -0.692. The van der Waals surface area contributed by atoms with Crippen LogP contribution in [0, 0.1) is 0 Å². The molecule has 0 unspecified atom stereocenters. The van der Waals surface area contributed by atoms with Crippen LogP contribution in [0.2, 0.25) is 5.02 Å². The predicted molar refractivity (Wildman–Crippen MR) is 128 cm³/mol. The summed E-state index contributed by atoms with van der Waals surface area (Å²) in [5, 5.41) is 2.52. The summed E-state index contributed by atoms with van der Waals surface area (Å²) >= 11 is 6.77. The Morgan fingerprint density at radius 1 is 1.12 bits per heavy atom. The Morgan fingerprint density at radius 3 is 2.59 bits per heavy atom. The van der Waals surface area contributed by atoms with Gasteiger partial charge in [0.05, 0.1) is 29.3 Å². The number of imide groups is 1. The monoisotopic (exact) mass is 504 g/mol. The minimum absolute atomic E-state index is 0.157. The predicted octanol–water partition coefficient (Wildman–Crippen LogP) is 3.97. The summed E-state index contributed by atoms with van der Waals surface area (Å²) in [6.45, 7) is 1.39. The third-order valence-electron chi connectivity index (χ3n) is 4.46. The number of hydrogen-bond donors (Lipinski definition) is 1. The number of nitrogens with one attached hydrogen (secondary N) is 1. The van der Waals surface area contributed by atoms with Gasteiger partial charge in [-0.15, -0.1) is 0 Å². The van der Waals surface area contributed by atoms with Crippen LogP contribution in [0.15, 0.2) is 47.4 Å². The maximum absolute atomic E-state index is 12.5. The highest BCUT2D eigenvalue weighted by Crippen LogP contribution is 2.34. The smallest absolute Gasteiger partial charge is 0.325 e. The molecule has 0 radical (unpaired) electrons. The van der Waals surface area contributed by atoms with Crippen LogP contribution in [0.4, 0.5) is 10.5 Å². The molecule has 3 rings (SSSR count). The molecule has 178 valence electrons. The third-order valence-corrected chi connectivity index (χ3v) is 5.70. The summed E-state index contributed by atoms with van der Waals surface area (Å²) in [7, 11) is 1.18. The first-order valence-electron chi connectivity index (χ1n) is 10.1. The zero-order valence-electron chi connectivity index (χ0n) is 18.3. The Labute approximate surface area is 205 Å². The van der Waals surface area contributed by atoms with Gasteiger partial charge in [0, 0.05) is 0 Å². The first-order chi connectivity index (χ1) is 16.3. The molecule has 1 heterocycles. The summed E-state index contributed by atoms with van der Waals surface area (Å²) in [6.07, 6.45) is 1.51. The van der Waals surface area contributed by atoms with Crippen LogP contribution in [0.3, 0.4) is 0 Å². The summed E-state index contributed by atoms with van der Waals surface area (Å²) in [5.74, 6) is -1.00. The van der Waals surface area contributed by atoms with Gasteiger partial charge in [0.1, 0.15) is 6.54 Å². The zero-order chi connectivity index (χ0) is 24.7. The van der Waals surface area contributed by atoms with Gasteiger partial charge >= 0.3 is 5.97 Å². The zero-order valence-corrected chi connectivity index (χ0v) is 19.9. The molecule has 1 aliphatic heterocycles. The van der Waals surface area contributed by atoms with Gasteiger partial charge in [-0.05, 0) is 54.6 Å². The van der Waals surface area contributed by atoms with E-state index in [0.29, 0.717) is 34.4 Å². The lowest BCUT2D eigenvalue weighted by Crippen LogP contribution is -2.34. The maximum Gasteiger partial charge on any atom is 0.325 e. The highest BCUT2D eigenvalue weighted by atomic mass is 35.5. The van der Waals surface area contributed by atoms with Crippen LogP contribution in [-0.2, 0) is 19.1 Å². The molecule has 1 saturated heterocycles. The number of hydrogen-bond acceptors (Lipinski definition) is 8. The summed E-state index contributed by atoms with van der Waals surface area (Å²) < 4.78 is 15.7. The van der Waals surface area contributed by atoms with Crippen LogP contribution < -0.4 is 14.8 Å². The van der Waals surface area contributed by atoms with E-state index in [2.05, 4.69) is 10.1 Å². The van der Waals surface area contributed by atoms with Crippen LogP contribution in [0.1, 0.15) is 12.5 Å². The summed E-state index contributed by atoms with van der Waals surface area (Å²) in [5.41, 5.74) is 1.04. The molecule has 0 aromatic heterocycles. The molecule has 0 saturated carbocycles. The number of methoxy groups -OCH3 is 1. The van der Waals surface area contributed by atoms with E-state index in [-0.39, 0.29) is 11.5 Å². The van der Waals surface area contributed by atoms with E-state index in [4.69, 9.17) is 21.1 Å². The second-order valence-electron chi connectivity index (χ2n) is 6.80. The maximum atomic E-state index is 12.5. The molecule has 1 fully saturated rings.